The van der Waals surface area contributed by atoms with Gasteiger partial charge in [0, 0.05) is 10.2 Å². The van der Waals surface area contributed by atoms with Crippen LogP contribution in [0, 0.1) is 10.1 Å². The van der Waals surface area contributed by atoms with E-state index in [0.29, 0.717) is 10.7 Å². The third kappa shape index (κ3) is 4.37. The summed E-state index contributed by atoms with van der Waals surface area (Å²) in [6.45, 7) is 1.55. The van der Waals surface area contributed by atoms with Crippen molar-refractivity contribution in [3.8, 4) is 0 Å². The molecular weight excluding hydrogens is 385 g/mol. The molecule has 0 bridgehead atoms. The topological polar surface area (TPSA) is 128 Å². The molecule has 13 heteroatoms. The summed E-state index contributed by atoms with van der Waals surface area (Å²) in [5, 5.41) is 25.0. The second-order valence-corrected chi connectivity index (χ2v) is 5.66. The monoisotopic (exact) mass is 391 g/mol. The fraction of sp³-hybridized carbons (Fsp3) is 0.182. The average molecular weight is 393 g/mol. The summed E-state index contributed by atoms with van der Waals surface area (Å²) in [7, 11) is 0. The van der Waals surface area contributed by atoms with Crippen LogP contribution in [0.2, 0.25) is 15.1 Å². The number of carbonyl (C=O) groups excluding carboxylic acids is 1. The van der Waals surface area contributed by atoms with Crippen LogP contribution >= 0.6 is 34.8 Å². The molecule has 1 aromatic carbocycles. The molecule has 1 amide bonds. The maximum Gasteiger partial charge on any atom is 0.514 e. The van der Waals surface area contributed by atoms with Gasteiger partial charge in [-0.3, -0.25) is 4.79 Å². The van der Waals surface area contributed by atoms with Crippen LogP contribution in [0.1, 0.15) is 17.3 Å². The van der Waals surface area contributed by atoms with E-state index in [1.165, 1.54) is 12.1 Å². The summed E-state index contributed by atoms with van der Waals surface area (Å²) in [4.78, 5) is 22.7. The van der Waals surface area contributed by atoms with Gasteiger partial charge in [0.1, 0.15) is 6.54 Å². The first-order valence-corrected chi connectivity index (χ1v) is 7.31. The molecular formula is C11H8Cl3N7O3. The highest BCUT2D eigenvalue weighted by Gasteiger charge is 2.17. The number of halogens is 3. The number of hydrogen-bond acceptors (Lipinski definition) is 7. The van der Waals surface area contributed by atoms with Crippen molar-refractivity contribution in [3.63, 3.8) is 0 Å². The van der Waals surface area contributed by atoms with Gasteiger partial charge >= 0.3 is 5.95 Å². The quantitative estimate of drug-likeness (QED) is 0.472. The number of hydrazone groups is 1. The largest absolute Gasteiger partial charge is 0.514 e. The van der Waals surface area contributed by atoms with Crippen molar-refractivity contribution < 1.29 is 9.72 Å². The van der Waals surface area contributed by atoms with Gasteiger partial charge in [-0.25, -0.2) is 5.43 Å². The molecule has 0 aliphatic heterocycles. The molecule has 10 nitrogen and oxygen atoms in total. The Morgan fingerprint density at radius 3 is 2.54 bits per heavy atom. The summed E-state index contributed by atoms with van der Waals surface area (Å²) in [5.41, 5.74) is 2.64. The number of nitro groups is 1. The van der Waals surface area contributed by atoms with E-state index >= 15 is 0 Å². The van der Waals surface area contributed by atoms with Gasteiger partial charge in [0.25, 0.3) is 5.91 Å². The van der Waals surface area contributed by atoms with Crippen molar-refractivity contribution in [3.05, 3.63) is 42.9 Å². The van der Waals surface area contributed by atoms with Crippen LogP contribution in [-0.4, -0.2) is 36.7 Å². The van der Waals surface area contributed by atoms with Gasteiger partial charge in [-0.15, -0.1) is 0 Å². The van der Waals surface area contributed by atoms with Gasteiger partial charge in [0.2, 0.25) is 0 Å². The molecule has 0 spiro atoms. The van der Waals surface area contributed by atoms with Gasteiger partial charge in [0.05, 0.1) is 31.5 Å². The summed E-state index contributed by atoms with van der Waals surface area (Å²) in [6, 6.07) is 2.75. The number of nitrogens with zero attached hydrogens (tertiary/aromatic N) is 6. The average Bonchev–Trinajstić information content (AvgIpc) is 2.92. The maximum atomic E-state index is 12.1. The molecule has 2 rings (SSSR count). The Labute approximate surface area is 149 Å². The van der Waals surface area contributed by atoms with Crippen molar-refractivity contribution in [1.82, 2.24) is 25.6 Å². The number of aromatic nitrogens is 4. The van der Waals surface area contributed by atoms with Crippen molar-refractivity contribution in [2.24, 2.45) is 5.10 Å². The zero-order valence-electron chi connectivity index (χ0n) is 11.9. The number of benzene rings is 1. The predicted molar refractivity (Wildman–Crippen MR) is 86.5 cm³/mol. The molecule has 0 unspecified atom stereocenters. The summed E-state index contributed by atoms with van der Waals surface area (Å²) < 4.78 is 0. The molecule has 0 aliphatic rings. The molecule has 0 atom stereocenters. The molecule has 1 heterocycles. The second kappa shape index (κ2) is 7.51. The Balaban J connectivity index is 2.06. The minimum Gasteiger partial charge on any atom is -0.390 e. The minimum atomic E-state index is -0.776. The van der Waals surface area contributed by atoms with E-state index in [-0.39, 0.29) is 22.2 Å². The highest BCUT2D eigenvalue weighted by Crippen LogP contribution is 2.28. The summed E-state index contributed by atoms with van der Waals surface area (Å²) in [6.07, 6.45) is 0. The van der Waals surface area contributed by atoms with Crippen LogP contribution in [0.3, 0.4) is 0 Å². The Morgan fingerprint density at radius 2 is 2.00 bits per heavy atom. The lowest BCUT2D eigenvalue weighted by Gasteiger charge is -2.06. The zero-order chi connectivity index (χ0) is 17.9. The number of nitrogens with one attached hydrogen (secondary N) is 1. The van der Waals surface area contributed by atoms with E-state index in [4.69, 9.17) is 34.8 Å². The Bertz CT molecular complexity index is 813. The normalized spacial score (nSPS) is 11.4. The molecule has 1 aromatic heterocycles. The van der Waals surface area contributed by atoms with Crippen LogP contribution in [0.4, 0.5) is 5.95 Å². The Kier molecular flexibility index (Phi) is 5.65. The molecule has 1 N–H and O–H groups in total. The van der Waals surface area contributed by atoms with Gasteiger partial charge in [-0.2, -0.15) is 5.10 Å². The van der Waals surface area contributed by atoms with E-state index in [0.717, 1.165) is 4.80 Å². The summed E-state index contributed by atoms with van der Waals surface area (Å²) >= 11 is 17.6. The number of amides is 1. The fourth-order valence-electron chi connectivity index (χ4n) is 1.58. The molecule has 126 valence electrons. The SMILES string of the molecule is C/C(Cn1nnc([N+](=O)[O-])n1)=N/NC(=O)c1c(Cl)cc(Cl)cc1Cl. The second-order valence-electron chi connectivity index (χ2n) is 4.41. The van der Waals surface area contributed by atoms with E-state index in [1.54, 1.807) is 6.92 Å². The Hall–Kier alpha value is -2.30. The highest BCUT2D eigenvalue weighted by atomic mass is 35.5. The van der Waals surface area contributed by atoms with E-state index in [2.05, 4.69) is 25.9 Å². The van der Waals surface area contributed by atoms with Crippen LogP contribution in [0.25, 0.3) is 0 Å². The number of rotatable bonds is 5. The van der Waals surface area contributed by atoms with Gasteiger partial charge in [-0.1, -0.05) is 39.6 Å². The molecule has 0 saturated carbocycles. The molecule has 2 aromatic rings. The van der Waals surface area contributed by atoms with Crippen LogP contribution in [0.15, 0.2) is 17.2 Å². The first kappa shape index (κ1) is 18.0. The third-order valence-corrected chi connectivity index (χ3v) is 3.37. The molecule has 24 heavy (non-hydrogen) atoms. The number of hydrogen-bond donors (Lipinski definition) is 1. The lowest BCUT2D eigenvalue weighted by Crippen LogP contribution is -2.22. The molecule has 0 aliphatic carbocycles. The molecule has 0 saturated heterocycles. The lowest BCUT2D eigenvalue weighted by molar-refractivity contribution is -0.394. The van der Waals surface area contributed by atoms with Gasteiger partial charge < -0.3 is 10.1 Å². The van der Waals surface area contributed by atoms with Crippen molar-refractivity contribution in [1.29, 1.82) is 0 Å². The first-order valence-electron chi connectivity index (χ1n) is 6.18. The van der Waals surface area contributed by atoms with Crippen LogP contribution in [0.5, 0.6) is 0 Å². The van der Waals surface area contributed by atoms with Gasteiger partial charge in [-0.05, 0) is 24.0 Å². The highest BCUT2D eigenvalue weighted by molar-refractivity contribution is 6.42. The Morgan fingerprint density at radius 1 is 1.38 bits per heavy atom. The number of tetrazole rings is 1. The fourth-order valence-corrected chi connectivity index (χ4v) is 2.56. The van der Waals surface area contributed by atoms with Crippen molar-refractivity contribution in [2.75, 3.05) is 0 Å². The predicted octanol–water partition coefficient (Wildman–Crippen LogP) is 2.35. The van der Waals surface area contributed by atoms with Crippen molar-refractivity contribution in [2.45, 2.75) is 13.5 Å². The maximum absolute atomic E-state index is 12.1. The van der Waals surface area contributed by atoms with E-state index < -0.39 is 16.8 Å². The van der Waals surface area contributed by atoms with E-state index in [1.807, 2.05) is 0 Å². The van der Waals surface area contributed by atoms with Crippen LogP contribution in [-0.2, 0) is 6.54 Å². The standard InChI is InChI=1S/C11H8Cl3N7O3/c1-5(4-20-18-11(17-19-20)21(23)24)15-16-10(22)9-7(13)2-6(12)3-8(9)14/h2-3H,4H2,1H3,(H,16,22)/b15-5-. The smallest absolute Gasteiger partial charge is 0.390 e. The van der Waals surface area contributed by atoms with Gasteiger partial charge in [0.15, 0.2) is 0 Å². The summed E-state index contributed by atoms with van der Waals surface area (Å²) in [5.74, 6) is -1.27. The van der Waals surface area contributed by atoms with Crippen molar-refractivity contribution >= 4 is 52.4 Å². The number of carbonyl (C=O) groups is 1. The lowest BCUT2D eigenvalue weighted by atomic mass is 10.2. The van der Waals surface area contributed by atoms with E-state index in [9.17, 15) is 14.9 Å². The third-order valence-electron chi connectivity index (χ3n) is 2.56. The molecule has 0 radical (unpaired) electrons. The molecule has 0 fully saturated rings. The minimum absolute atomic E-state index is 0.0107. The zero-order valence-corrected chi connectivity index (χ0v) is 14.2. The first-order chi connectivity index (χ1) is 11.3. The van der Waals surface area contributed by atoms with Crippen LogP contribution < -0.4 is 5.43 Å².